The van der Waals surface area contributed by atoms with E-state index in [1.165, 1.54) is 53.8 Å². The van der Waals surface area contributed by atoms with Crippen LogP contribution in [0.4, 0.5) is 17.1 Å². The Morgan fingerprint density at radius 3 is 2.36 bits per heavy atom. The molecule has 0 aliphatic carbocycles. The molecule has 0 unspecified atom stereocenters. The second-order valence-corrected chi connectivity index (χ2v) is 8.35. The van der Waals surface area contributed by atoms with E-state index in [1.54, 1.807) is 19.9 Å². The summed E-state index contributed by atoms with van der Waals surface area (Å²) in [7, 11) is -2.08. The number of anilines is 2. The number of nitrogens with zero attached hydrogens (tertiary/aromatic N) is 2. The highest BCUT2D eigenvalue weighted by molar-refractivity contribution is 7.89. The number of carbonyl (C=O) groups excluding carboxylic acids is 1. The molecule has 2 N–H and O–H groups in total. The Hall–Kier alpha value is -2.98. The zero-order valence-electron chi connectivity index (χ0n) is 15.7. The van der Waals surface area contributed by atoms with Crippen LogP contribution in [0.2, 0.25) is 0 Å². The van der Waals surface area contributed by atoms with Crippen LogP contribution in [0.3, 0.4) is 0 Å². The number of amides is 1. The number of rotatable bonds is 8. The van der Waals surface area contributed by atoms with Crippen molar-refractivity contribution in [1.82, 2.24) is 4.31 Å². The lowest BCUT2D eigenvalue weighted by atomic mass is 10.3. The van der Waals surface area contributed by atoms with Crippen molar-refractivity contribution in [3.8, 4) is 0 Å². The molecule has 2 rings (SSSR count). The van der Waals surface area contributed by atoms with Gasteiger partial charge in [0.15, 0.2) is 0 Å². The Balaban J connectivity index is 1.98. The summed E-state index contributed by atoms with van der Waals surface area (Å²) in [6.07, 6.45) is 0. The van der Waals surface area contributed by atoms with Gasteiger partial charge in [-0.1, -0.05) is 6.07 Å². The van der Waals surface area contributed by atoms with Crippen molar-refractivity contribution in [1.29, 1.82) is 0 Å². The van der Waals surface area contributed by atoms with Crippen molar-refractivity contribution in [2.75, 3.05) is 24.2 Å². The number of non-ortho nitro benzene ring substituents is 1. The first-order valence-corrected chi connectivity index (χ1v) is 9.91. The monoisotopic (exact) mass is 406 g/mol. The highest BCUT2D eigenvalue weighted by Gasteiger charge is 2.22. The van der Waals surface area contributed by atoms with Gasteiger partial charge in [0.25, 0.3) is 5.69 Å². The van der Waals surface area contributed by atoms with Gasteiger partial charge in [-0.15, -0.1) is 0 Å². The summed E-state index contributed by atoms with van der Waals surface area (Å²) in [4.78, 5) is 22.4. The second-order valence-electron chi connectivity index (χ2n) is 6.35. The molecule has 28 heavy (non-hydrogen) atoms. The van der Waals surface area contributed by atoms with Gasteiger partial charge in [0.2, 0.25) is 15.9 Å². The quantitative estimate of drug-likeness (QED) is 0.513. The average molecular weight is 406 g/mol. The second kappa shape index (κ2) is 8.81. The van der Waals surface area contributed by atoms with Crippen LogP contribution in [0.5, 0.6) is 0 Å². The molecule has 0 bridgehead atoms. The predicted molar refractivity (Wildman–Crippen MR) is 107 cm³/mol. The van der Waals surface area contributed by atoms with Gasteiger partial charge in [-0.3, -0.25) is 14.9 Å². The van der Waals surface area contributed by atoms with E-state index in [0.717, 1.165) is 0 Å². The van der Waals surface area contributed by atoms with Gasteiger partial charge in [-0.05, 0) is 44.2 Å². The fourth-order valence-electron chi connectivity index (χ4n) is 2.27. The molecule has 0 spiro atoms. The summed E-state index contributed by atoms with van der Waals surface area (Å²) in [6.45, 7) is 3.46. The van der Waals surface area contributed by atoms with Crippen LogP contribution in [0, 0.1) is 10.1 Å². The minimum Gasteiger partial charge on any atom is -0.376 e. The summed E-state index contributed by atoms with van der Waals surface area (Å²) in [5.74, 6) is -0.374. The molecule has 1 amide bonds. The van der Waals surface area contributed by atoms with E-state index in [-0.39, 0.29) is 29.1 Å². The Morgan fingerprint density at radius 2 is 1.79 bits per heavy atom. The van der Waals surface area contributed by atoms with Crippen LogP contribution in [0.1, 0.15) is 13.8 Å². The van der Waals surface area contributed by atoms with Gasteiger partial charge in [-0.25, -0.2) is 8.42 Å². The van der Waals surface area contributed by atoms with Gasteiger partial charge in [0.1, 0.15) is 0 Å². The van der Waals surface area contributed by atoms with E-state index in [1.807, 2.05) is 0 Å². The maximum atomic E-state index is 12.4. The third-order valence-corrected chi connectivity index (χ3v) is 6.10. The van der Waals surface area contributed by atoms with Crippen molar-refractivity contribution in [3.63, 3.8) is 0 Å². The molecule has 9 nitrogen and oxygen atoms in total. The molecule has 0 heterocycles. The van der Waals surface area contributed by atoms with Crippen LogP contribution in [-0.4, -0.2) is 43.2 Å². The molecular formula is C18H22N4O5S. The molecule has 0 saturated heterocycles. The van der Waals surface area contributed by atoms with Gasteiger partial charge in [0.05, 0.1) is 16.4 Å². The molecule has 0 radical (unpaired) electrons. The molecule has 2 aromatic carbocycles. The third-order valence-electron chi connectivity index (χ3n) is 4.05. The van der Waals surface area contributed by atoms with Gasteiger partial charge >= 0.3 is 0 Å². The average Bonchev–Trinajstić information content (AvgIpc) is 2.66. The minimum atomic E-state index is -3.59. The summed E-state index contributed by atoms with van der Waals surface area (Å²) < 4.78 is 26.1. The van der Waals surface area contributed by atoms with Crippen molar-refractivity contribution in [2.45, 2.75) is 24.8 Å². The molecule has 150 valence electrons. The number of nitrogens with one attached hydrogen (secondary N) is 2. The highest BCUT2D eigenvalue weighted by atomic mass is 32.2. The number of sulfonamides is 1. The smallest absolute Gasteiger partial charge is 0.271 e. The fourth-order valence-corrected chi connectivity index (χ4v) is 3.64. The van der Waals surface area contributed by atoms with Gasteiger partial charge in [0, 0.05) is 36.6 Å². The number of nitro benzene ring substituents is 1. The zero-order chi connectivity index (χ0) is 20.9. The lowest BCUT2D eigenvalue weighted by molar-refractivity contribution is -0.384. The van der Waals surface area contributed by atoms with Crippen molar-refractivity contribution >= 4 is 33.0 Å². The minimum absolute atomic E-state index is 0.0754. The normalized spacial score (nSPS) is 11.5. The first kappa shape index (κ1) is 21.3. The standard InChI is InChI=1S/C18H22N4O5S/c1-13(2)21(3)28(26,27)17-9-7-14(8-10-17)20-18(23)12-19-15-5-4-6-16(11-15)22(24)25/h4-11,13,19H,12H2,1-3H3,(H,20,23). The molecule has 0 aliphatic rings. The van der Waals surface area contributed by atoms with Crippen LogP contribution in [-0.2, 0) is 14.8 Å². The molecule has 2 aromatic rings. The largest absolute Gasteiger partial charge is 0.376 e. The summed E-state index contributed by atoms with van der Waals surface area (Å²) in [6, 6.07) is 11.5. The highest BCUT2D eigenvalue weighted by Crippen LogP contribution is 2.19. The molecule has 0 atom stereocenters. The van der Waals surface area contributed by atoms with Crippen molar-refractivity contribution < 1.29 is 18.1 Å². The van der Waals surface area contributed by atoms with Gasteiger partial charge < -0.3 is 10.6 Å². The number of hydrogen-bond donors (Lipinski definition) is 2. The first-order chi connectivity index (χ1) is 13.1. The van der Waals surface area contributed by atoms with E-state index in [9.17, 15) is 23.3 Å². The Kier molecular flexibility index (Phi) is 6.71. The number of carbonyl (C=O) groups is 1. The van der Waals surface area contributed by atoms with Crippen molar-refractivity contribution in [2.24, 2.45) is 0 Å². The third kappa shape index (κ3) is 5.27. The Morgan fingerprint density at radius 1 is 1.14 bits per heavy atom. The molecule has 0 fully saturated rings. The SMILES string of the molecule is CC(C)N(C)S(=O)(=O)c1ccc(NC(=O)CNc2cccc([N+](=O)[O-])c2)cc1. The van der Waals surface area contributed by atoms with Crippen molar-refractivity contribution in [3.05, 3.63) is 58.6 Å². The van der Waals surface area contributed by atoms with E-state index in [0.29, 0.717) is 11.4 Å². The first-order valence-electron chi connectivity index (χ1n) is 8.47. The van der Waals surface area contributed by atoms with Crippen LogP contribution >= 0.6 is 0 Å². The van der Waals surface area contributed by atoms with Crippen LogP contribution < -0.4 is 10.6 Å². The lowest BCUT2D eigenvalue weighted by Gasteiger charge is -2.21. The topological polar surface area (TPSA) is 122 Å². The summed E-state index contributed by atoms with van der Waals surface area (Å²) >= 11 is 0. The maximum absolute atomic E-state index is 12.4. The van der Waals surface area contributed by atoms with E-state index in [2.05, 4.69) is 10.6 Å². The summed E-state index contributed by atoms with van der Waals surface area (Å²) in [5.41, 5.74) is 0.813. The van der Waals surface area contributed by atoms with E-state index >= 15 is 0 Å². The van der Waals surface area contributed by atoms with Crippen LogP contribution in [0.15, 0.2) is 53.4 Å². The molecule has 0 aromatic heterocycles. The Bertz CT molecular complexity index is 958. The van der Waals surface area contributed by atoms with Crippen LogP contribution in [0.25, 0.3) is 0 Å². The fraction of sp³-hybridized carbons (Fsp3) is 0.278. The molecule has 0 saturated carbocycles. The number of benzene rings is 2. The Labute approximate surface area is 163 Å². The van der Waals surface area contributed by atoms with Gasteiger partial charge in [-0.2, -0.15) is 4.31 Å². The van der Waals surface area contributed by atoms with E-state index < -0.39 is 14.9 Å². The predicted octanol–water partition coefficient (Wildman–Crippen LogP) is 2.67. The lowest BCUT2D eigenvalue weighted by Crippen LogP contribution is -2.33. The summed E-state index contributed by atoms with van der Waals surface area (Å²) in [5, 5.41) is 16.2. The number of nitro groups is 1. The number of hydrogen-bond acceptors (Lipinski definition) is 6. The molecule has 0 aliphatic heterocycles. The van der Waals surface area contributed by atoms with E-state index in [4.69, 9.17) is 0 Å². The molecule has 10 heteroatoms. The molecular weight excluding hydrogens is 384 g/mol. The maximum Gasteiger partial charge on any atom is 0.271 e. The zero-order valence-corrected chi connectivity index (χ0v) is 16.6.